The molecular formula is C31H41FN4O5. The number of benzene rings is 2. The van der Waals surface area contributed by atoms with E-state index in [9.17, 15) is 23.9 Å². The monoisotopic (exact) mass is 568 g/mol. The molecular weight excluding hydrogens is 527 g/mol. The third-order valence-corrected chi connectivity index (χ3v) is 8.13. The van der Waals surface area contributed by atoms with Gasteiger partial charge in [-0.15, -0.1) is 0 Å². The van der Waals surface area contributed by atoms with Crippen LogP contribution in [-0.4, -0.2) is 66.1 Å². The van der Waals surface area contributed by atoms with Crippen LogP contribution < -0.4 is 21.1 Å². The zero-order valence-corrected chi connectivity index (χ0v) is 23.8. The lowest BCUT2D eigenvalue weighted by atomic mass is 9.97. The van der Waals surface area contributed by atoms with Crippen LogP contribution in [-0.2, 0) is 32.8 Å². The van der Waals surface area contributed by atoms with Gasteiger partial charge in [-0.25, -0.2) is 4.39 Å². The Bertz CT molecular complexity index is 1250. The molecule has 9 nitrogen and oxygen atoms in total. The van der Waals surface area contributed by atoms with Crippen LogP contribution in [0.25, 0.3) is 0 Å². The van der Waals surface area contributed by atoms with Crippen molar-refractivity contribution in [1.29, 1.82) is 0 Å². The molecule has 1 aliphatic carbocycles. The maximum atomic E-state index is 14.8. The number of carbonyl (C=O) groups excluding carboxylic acids is 3. The normalized spacial score (nSPS) is 22.1. The number of aliphatic hydroxyl groups excluding tert-OH is 1. The first-order chi connectivity index (χ1) is 19.6. The first kappa shape index (κ1) is 30.5. The summed E-state index contributed by atoms with van der Waals surface area (Å²) in [5.41, 5.74) is 8.13. The summed E-state index contributed by atoms with van der Waals surface area (Å²) in [6.07, 6.45) is 2.56. The van der Waals surface area contributed by atoms with Gasteiger partial charge in [0, 0.05) is 25.6 Å². The van der Waals surface area contributed by atoms with Gasteiger partial charge in [-0.3, -0.25) is 14.4 Å². The van der Waals surface area contributed by atoms with Crippen LogP contribution in [0.15, 0.2) is 42.5 Å². The van der Waals surface area contributed by atoms with Crippen LogP contribution in [0.5, 0.6) is 5.75 Å². The predicted molar refractivity (Wildman–Crippen MR) is 152 cm³/mol. The number of nitrogens with two attached hydrogens (primary N) is 1. The smallest absolute Gasteiger partial charge is 0.243 e. The highest BCUT2D eigenvalue weighted by molar-refractivity contribution is 5.91. The molecule has 2 aliphatic heterocycles. The molecule has 3 amide bonds. The van der Waals surface area contributed by atoms with Crippen molar-refractivity contribution in [2.45, 2.75) is 82.0 Å². The van der Waals surface area contributed by atoms with Crippen LogP contribution in [0.2, 0.25) is 0 Å². The molecule has 5 rings (SSSR count). The molecule has 41 heavy (non-hydrogen) atoms. The predicted octanol–water partition coefficient (Wildman–Crippen LogP) is 2.32. The van der Waals surface area contributed by atoms with Gasteiger partial charge in [-0.2, -0.15) is 0 Å². The van der Waals surface area contributed by atoms with Gasteiger partial charge in [0.2, 0.25) is 17.7 Å². The van der Waals surface area contributed by atoms with E-state index in [0.717, 1.165) is 24.8 Å². The molecule has 10 heteroatoms. The topological polar surface area (TPSA) is 134 Å². The Morgan fingerprint density at radius 3 is 2.71 bits per heavy atom. The molecule has 1 saturated carbocycles. The van der Waals surface area contributed by atoms with E-state index in [1.807, 2.05) is 6.07 Å². The van der Waals surface area contributed by atoms with Crippen molar-refractivity contribution < 1.29 is 28.6 Å². The molecule has 0 spiro atoms. The number of primary amides is 1. The van der Waals surface area contributed by atoms with E-state index in [0.29, 0.717) is 18.4 Å². The number of carbonyl (C=O) groups is 3. The van der Waals surface area contributed by atoms with E-state index >= 15 is 0 Å². The van der Waals surface area contributed by atoms with Gasteiger partial charge < -0.3 is 31.1 Å². The number of nitrogens with one attached hydrogen (secondary N) is 2. The average Bonchev–Trinajstić information content (AvgIpc) is 3.75. The molecule has 0 radical (unpaired) electrons. The van der Waals surface area contributed by atoms with E-state index in [2.05, 4.69) is 35.8 Å². The van der Waals surface area contributed by atoms with Crippen molar-refractivity contribution in [3.8, 4) is 5.75 Å². The lowest BCUT2D eigenvalue weighted by Crippen LogP contribution is -2.56. The number of nitrogens with zero attached hydrogens (tertiary/aromatic N) is 1. The lowest BCUT2D eigenvalue weighted by molar-refractivity contribution is -0.141. The number of halogens is 1. The van der Waals surface area contributed by atoms with Crippen molar-refractivity contribution in [3.63, 3.8) is 0 Å². The number of likely N-dealkylation sites (N-methyl/N-ethyl adjacent to an activating group) is 1. The summed E-state index contributed by atoms with van der Waals surface area (Å²) in [6, 6.07) is 11.0. The van der Waals surface area contributed by atoms with E-state index < -0.39 is 35.8 Å². The second-order valence-electron chi connectivity index (χ2n) is 11.2. The van der Waals surface area contributed by atoms with Gasteiger partial charge in [-0.1, -0.05) is 37.3 Å². The Balaban J connectivity index is 1.58. The first-order valence-electron chi connectivity index (χ1n) is 14.4. The fraction of sp³-hybridized carbons (Fsp3) is 0.516. The van der Waals surface area contributed by atoms with Crippen LogP contribution >= 0.6 is 0 Å². The van der Waals surface area contributed by atoms with Crippen LogP contribution in [0.4, 0.5) is 4.39 Å². The Morgan fingerprint density at radius 1 is 1.24 bits per heavy atom. The minimum absolute atomic E-state index is 0.110. The minimum Gasteiger partial charge on any atom is -0.491 e. The first-order valence-corrected chi connectivity index (χ1v) is 14.4. The van der Waals surface area contributed by atoms with Gasteiger partial charge in [0.1, 0.15) is 6.04 Å². The van der Waals surface area contributed by atoms with E-state index in [-0.39, 0.29) is 49.6 Å². The highest BCUT2D eigenvalue weighted by atomic mass is 19.1. The van der Waals surface area contributed by atoms with Crippen molar-refractivity contribution in [1.82, 2.24) is 15.5 Å². The number of aliphatic hydroxyl groups is 1. The van der Waals surface area contributed by atoms with Crippen LogP contribution in [0.1, 0.15) is 62.1 Å². The standard InChI is InChI=1S/C31H41FN4O5/c1-3-20-7-6-8-22(15-20)31(12-13-31)34-19-26(37)24-17-21-10-11-27(23(32)16-21)41-14-5-4-9-29(39)36(2)25(18-28(33)38)30(40)35-24/h6-8,10-11,15-16,24-26,34,37H,3-5,9,12-14,17-19H2,1-2H3,(H2,33,38)(H,35,40). The van der Waals surface area contributed by atoms with Gasteiger partial charge in [-0.05, 0) is 67.3 Å². The van der Waals surface area contributed by atoms with Gasteiger partial charge in [0.25, 0.3) is 0 Å². The fourth-order valence-corrected chi connectivity index (χ4v) is 5.33. The fourth-order valence-electron chi connectivity index (χ4n) is 5.33. The van der Waals surface area contributed by atoms with E-state index in [1.165, 1.54) is 29.6 Å². The van der Waals surface area contributed by atoms with Crippen molar-refractivity contribution in [2.75, 3.05) is 20.2 Å². The Hall–Kier alpha value is -3.50. The maximum Gasteiger partial charge on any atom is 0.243 e. The molecule has 1 fully saturated rings. The third-order valence-electron chi connectivity index (χ3n) is 8.13. The summed E-state index contributed by atoms with van der Waals surface area (Å²) in [6.45, 7) is 2.50. The SMILES string of the molecule is CCc1cccc(C2(NCC(O)C3Cc4ccc(c(F)c4)OCCCCC(=O)N(C)C(CC(N)=O)C(=O)N3)CC2)c1. The molecule has 2 aromatic carbocycles. The number of ether oxygens (including phenoxy) is 1. The second-order valence-corrected chi connectivity index (χ2v) is 11.2. The number of hydrogen-bond donors (Lipinski definition) is 4. The van der Waals surface area contributed by atoms with E-state index in [4.69, 9.17) is 10.5 Å². The summed E-state index contributed by atoms with van der Waals surface area (Å²) >= 11 is 0. The Kier molecular flexibility index (Phi) is 9.99. The number of hydrogen-bond acceptors (Lipinski definition) is 6. The highest BCUT2D eigenvalue weighted by Crippen LogP contribution is 2.45. The molecule has 0 saturated heterocycles. The molecule has 3 aliphatic rings. The minimum atomic E-state index is -1.14. The molecule has 2 bridgehead atoms. The largest absolute Gasteiger partial charge is 0.491 e. The van der Waals surface area contributed by atoms with Crippen molar-refractivity contribution in [3.05, 3.63) is 65.0 Å². The molecule has 3 unspecified atom stereocenters. The Morgan fingerprint density at radius 2 is 2.02 bits per heavy atom. The van der Waals surface area contributed by atoms with Crippen molar-refractivity contribution in [2.24, 2.45) is 5.73 Å². The number of fused-ring (bicyclic) bond motifs is 13. The number of amides is 3. The zero-order valence-electron chi connectivity index (χ0n) is 23.8. The summed E-state index contributed by atoms with van der Waals surface area (Å²) in [4.78, 5) is 39.4. The molecule has 5 N–H and O–H groups in total. The maximum absolute atomic E-state index is 14.8. The average molecular weight is 569 g/mol. The lowest BCUT2D eigenvalue weighted by Gasteiger charge is -2.31. The summed E-state index contributed by atoms with van der Waals surface area (Å²) in [5, 5.41) is 17.7. The van der Waals surface area contributed by atoms with Crippen LogP contribution in [0.3, 0.4) is 0 Å². The zero-order chi connectivity index (χ0) is 29.6. The number of aryl methyl sites for hydroxylation is 1. The third kappa shape index (κ3) is 7.83. The quantitative estimate of drug-likeness (QED) is 0.386. The van der Waals surface area contributed by atoms with Crippen LogP contribution in [0, 0.1) is 5.82 Å². The summed E-state index contributed by atoms with van der Waals surface area (Å²) in [7, 11) is 1.47. The number of rotatable bonds is 8. The molecule has 2 heterocycles. The summed E-state index contributed by atoms with van der Waals surface area (Å²) < 4.78 is 20.4. The van der Waals surface area contributed by atoms with E-state index in [1.54, 1.807) is 6.07 Å². The van der Waals surface area contributed by atoms with Gasteiger partial charge in [0.15, 0.2) is 11.6 Å². The molecule has 3 atom stereocenters. The molecule has 0 aromatic heterocycles. The molecule has 222 valence electrons. The Labute approximate surface area is 240 Å². The van der Waals surface area contributed by atoms with Gasteiger partial charge >= 0.3 is 0 Å². The molecule has 2 aromatic rings. The summed E-state index contributed by atoms with van der Waals surface area (Å²) in [5.74, 6) is -2.08. The second kappa shape index (κ2) is 13.4. The van der Waals surface area contributed by atoms with Crippen molar-refractivity contribution >= 4 is 17.7 Å². The highest BCUT2D eigenvalue weighted by Gasteiger charge is 2.44. The van der Waals surface area contributed by atoms with Gasteiger partial charge in [0.05, 0.1) is 25.2 Å².